The van der Waals surface area contributed by atoms with Crippen LogP contribution in [-0.4, -0.2) is 39.6 Å². The maximum Gasteiger partial charge on any atom is 0.321 e. The van der Waals surface area contributed by atoms with Gasteiger partial charge in [0.05, 0.1) is 12.6 Å². The summed E-state index contributed by atoms with van der Waals surface area (Å²) < 4.78 is 18.8. The molecule has 152 valence electrons. The number of halogens is 1. The third-order valence-corrected chi connectivity index (χ3v) is 4.46. The molecule has 0 saturated heterocycles. The van der Waals surface area contributed by atoms with Gasteiger partial charge in [0.2, 0.25) is 11.9 Å². The van der Waals surface area contributed by atoms with E-state index in [0.717, 1.165) is 11.1 Å². The van der Waals surface area contributed by atoms with Gasteiger partial charge in [0.1, 0.15) is 17.0 Å². The highest BCUT2D eigenvalue weighted by Gasteiger charge is 2.17. The summed E-state index contributed by atoms with van der Waals surface area (Å²) in [6, 6.07) is 9.91. The van der Waals surface area contributed by atoms with Crippen molar-refractivity contribution in [3.8, 4) is 28.1 Å². The van der Waals surface area contributed by atoms with Crippen LogP contribution >= 0.6 is 0 Å². The Balaban J connectivity index is 1.90. The molecule has 9 heteroatoms. The first-order valence-corrected chi connectivity index (χ1v) is 9.29. The van der Waals surface area contributed by atoms with Crippen LogP contribution in [-0.2, 0) is 0 Å². The van der Waals surface area contributed by atoms with Crippen molar-refractivity contribution in [3.05, 3.63) is 54.7 Å². The molecular weight excluding hydrogens is 387 g/mol. The molecule has 2 amide bonds. The Morgan fingerprint density at radius 3 is 2.80 bits per heavy atom. The van der Waals surface area contributed by atoms with Crippen LogP contribution in [0.1, 0.15) is 6.92 Å². The van der Waals surface area contributed by atoms with Crippen LogP contribution < -0.4 is 15.4 Å². The number of carbonyl (C=O) groups excluding carboxylic acids is 1. The lowest BCUT2D eigenvalue weighted by molar-refractivity contribution is 0.252. The lowest BCUT2D eigenvalue weighted by Crippen LogP contribution is -2.28. The van der Waals surface area contributed by atoms with E-state index in [4.69, 9.17) is 4.74 Å². The second-order valence-corrected chi connectivity index (χ2v) is 6.41. The summed E-state index contributed by atoms with van der Waals surface area (Å²) >= 11 is 0. The molecule has 0 aliphatic carbocycles. The van der Waals surface area contributed by atoms with E-state index in [9.17, 15) is 9.18 Å². The number of urea groups is 1. The second-order valence-electron chi connectivity index (χ2n) is 6.41. The lowest BCUT2D eigenvalue weighted by Gasteiger charge is -2.10. The zero-order valence-electron chi connectivity index (χ0n) is 16.4. The first-order valence-electron chi connectivity index (χ1n) is 9.29. The van der Waals surface area contributed by atoms with Crippen molar-refractivity contribution < 1.29 is 13.9 Å². The molecule has 3 N–H and O–H groups in total. The van der Waals surface area contributed by atoms with Crippen molar-refractivity contribution in [3.63, 3.8) is 0 Å². The van der Waals surface area contributed by atoms with Gasteiger partial charge >= 0.3 is 6.03 Å². The predicted octanol–water partition coefficient (Wildman–Crippen LogP) is 3.98. The Morgan fingerprint density at radius 2 is 2.07 bits per heavy atom. The summed E-state index contributed by atoms with van der Waals surface area (Å²) in [4.78, 5) is 27.8. The van der Waals surface area contributed by atoms with Crippen molar-refractivity contribution in [2.45, 2.75) is 6.92 Å². The molecule has 0 fully saturated rings. The highest BCUT2D eigenvalue weighted by molar-refractivity contribution is 5.98. The molecule has 3 heterocycles. The fraction of sp³-hybridized carbons (Fsp3) is 0.143. The standard InChI is InChI=1S/C21H19FN6O2/c1-3-23-21(29)28-20-26-15-10-13(12-6-7-17(22)25-11-12)9-14(18(15)27-20)19-16(30-2)5-4-8-24-19/h4-11H,3H2,1-2H3,(H3,23,26,27,28,29). The molecule has 4 rings (SSSR count). The quantitative estimate of drug-likeness (QED) is 0.435. The molecule has 0 atom stereocenters. The van der Waals surface area contributed by atoms with Crippen LogP contribution in [0, 0.1) is 5.95 Å². The third kappa shape index (κ3) is 3.77. The van der Waals surface area contributed by atoms with Gasteiger partial charge in [0, 0.05) is 30.1 Å². The van der Waals surface area contributed by atoms with Crippen LogP contribution in [0.15, 0.2) is 48.8 Å². The normalized spacial score (nSPS) is 10.8. The number of methoxy groups -OCH3 is 1. The number of nitrogens with zero attached hydrogens (tertiary/aromatic N) is 3. The molecule has 0 aliphatic rings. The molecule has 0 aliphatic heterocycles. The van der Waals surface area contributed by atoms with Gasteiger partial charge < -0.3 is 15.0 Å². The summed E-state index contributed by atoms with van der Waals surface area (Å²) in [6.07, 6.45) is 3.12. The number of anilines is 1. The molecule has 0 unspecified atom stereocenters. The Kier molecular flexibility index (Phi) is 5.25. The predicted molar refractivity (Wildman–Crippen MR) is 112 cm³/mol. The fourth-order valence-corrected chi connectivity index (χ4v) is 3.14. The number of fused-ring (bicyclic) bond motifs is 1. The zero-order chi connectivity index (χ0) is 21.1. The van der Waals surface area contributed by atoms with Crippen molar-refractivity contribution in [2.24, 2.45) is 0 Å². The monoisotopic (exact) mass is 406 g/mol. The largest absolute Gasteiger partial charge is 0.494 e. The number of benzene rings is 1. The number of imidazole rings is 1. The number of ether oxygens (including phenoxy) is 1. The third-order valence-electron chi connectivity index (χ3n) is 4.46. The lowest BCUT2D eigenvalue weighted by atomic mass is 10.0. The van der Waals surface area contributed by atoms with Gasteiger partial charge in [-0.05, 0) is 48.9 Å². The summed E-state index contributed by atoms with van der Waals surface area (Å²) in [6.45, 7) is 2.32. The van der Waals surface area contributed by atoms with Crippen LogP contribution in [0.4, 0.5) is 15.1 Å². The molecule has 4 aromatic rings. The number of amides is 2. The first kappa shape index (κ1) is 19.3. The highest BCUT2D eigenvalue weighted by atomic mass is 19.1. The summed E-state index contributed by atoms with van der Waals surface area (Å²) in [7, 11) is 1.57. The molecule has 0 radical (unpaired) electrons. The van der Waals surface area contributed by atoms with E-state index >= 15 is 0 Å². The fourth-order valence-electron chi connectivity index (χ4n) is 3.14. The van der Waals surface area contributed by atoms with Crippen molar-refractivity contribution >= 4 is 23.0 Å². The van der Waals surface area contributed by atoms with Gasteiger partial charge in [-0.1, -0.05) is 0 Å². The van der Waals surface area contributed by atoms with Crippen LogP contribution in [0.25, 0.3) is 33.4 Å². The van der Waals surface area contributed by atoms with Crippen molar-refractivity contribution in [1.29, 1.82) is 0 Å². The molecular formula is C21H19FN6O2. The van der Waals surface area contributed by atoms with Crippen LogP contribution in [0.5, 0.6) is 5.75 Å². The van der Waals surface area contributed by atoms with Gasteiger partial charge in [0.25, 0.3) is 0 Å². The summed E-state index contributed by atoms with van der Waals surface area (Å²) in [5.41, 5.74) is 4.08. The first-order chi connectivity index (χ1) is 14.6. The number of aromatic nitrogens is 4. The van der Waals surface area contributed by atoms with Crippen LogP contribution in [0.3, 0.4) is 0 Å². The summed E-state index contributed by atoms with van der Waals surface area (Å²) in [5, 5.41) is 5.34. The van der Waals surface area contributed by atoms with E-state index in [1.807, 2.05) is 19.1 Å². The second kappa shape index (κ2) is 8.16. The number of pyridine rings is 2. The Bertz CT molecular complexity index is 1210. The molecule has 0 spiro atoms. The maximum absolute atomic E-state index is 13.3. The Morgan fingerprint density at radius 1 is 1.20 bits per heavy atom. The van der Waals surface area contributed by atoms with E-state index in [0.29, 0.717) is 40.5 Å². The number of aromatic amines is 1. The highest BCUT2D eigenvalue weighted by Crippen LogP contribution is 2.36. The van der Waals surface area contributed by atoms with Crippen molar-refractivity contribution in [1.82, 2.24) is 25.3 Å². The topological polar surface area (TPSA) is 105 Å². The SMILES string of the molecule is CCNC(=O)Nc1nc2c(-c3ncccc3OC)cc(-c3ccc(F)nc3)cc2[nH]1. The molecule has 0 bridgehead atoms. The molecule has 8 nitrogen and oxygen atoms in total. The average molecular weight is 406 g/mol. The minimum Gasteiger partial charge on any atom is -0.494 e. The van der Waals surface area contributed by atoms with Gasteiger partial charge in [0.15, 0.2) is 0 Å². The van der Waals surface area contributed by atoms with E-state index in [-0.39, 0.29) is 6.03 Å². The number of rotatable bonds is 5. The molecule has 30 heavy (non-hydrogen) atoms. The average Bonchev–Trinajstić information content (AvgIpc) is 3.16. The van der Waals surface area contributed by atoms with E-state index in [2.05, 4.69) is 30.6 Å². The number of nitrogens with one attached hydrogen (secondary N) is 3. The molecule has 0 saturated carbocycles. The maximum atomic E-state index is 13.3. The Hall–Kier alpha value is -4.01. The number of H-pyrrole nitrogens is 1. The molecule has 1 aromatic carbocycles. The number of hydrogen-bond donors (Lipinski definition) is 3. The number of carbonyl (C=O) groups is 1. The van der Waals surface area contributed by atoms with Gasteiger partial charge in [-0.2, -0.15) is 4.39 Å². The van der Waals surface area contributed by atoms with Gasteiger partial charge in [-0.15, -0.1) is 0 Å². The van der Waals surface area contributed by atoms with Crippen molar-refractivity contribution in [2.75, 3.05) is 19.0 Å². The smallest absolute Gasteiger partial charge is 0.321 e. The number of hydrogen-bond acceptors (Lipinski definition) is 5. The Labute approximate surface area is 171 Å². The minimum absolute atomic E-state index is 0.293. The van der Waals surface area contributed by atoms with Gasteiger partial charge in [-0.25, -0.2) is 14.8 Å². The summed E-state index contributed by atoms with van der Waals surface area (Å²) in [5.74, 6) is 0.317. The minimum atomic E-state index is -0.554. The van der Waals surface area contributed by atoms with Gasteiger partial charge in [-0.3, -0.25) is 10.3 Å². The van der Waals surface area contributed by atoms with E-state index in [1.165, 1.54) is 12.3 Å². The zero-order valence-corrected chi connectivity index (χ0v) is 16.4. The molecule has 3 aromatic heterocycles. The van der Waals surface area contributed by atoms with Crippen LogP contribution in [0.2, 0.25) is 0 Å². The van der Waals surface area contributed by atoms with E-state index < -0.39 is 5.95 Å². The van der Waals surface area contributed by atoms with E-state index in [1.54, 1.807) is 31.5 Å².